The van der Waals surface area contributed by atoms with Crippen LogP contribution in [0.4, 0.5) is 10.1 Å². The summed E-state index contributed by atoms with van der Waals surface area (Å²) in [6.07, 6.45) is 1.69. The molecule has 3 amide bonds. The molecule has 0 bridgehead atoms. The van der Waals surface area contributed by atoms with Gasteiger partial charge < -0.3 is 16.4 Å². The Morgan fingerprint density at radius 3 is 2.71 bits per heavy atom. The second kappa shape index (κ2) is 10.4. The largest absolute Gasteiger partial charge is 0.368 e. The number of nitrogens with two attached hydrogens (primary N) is 1. The third-order valence-corrected chi connectivity index (χ3v) is 5.48. The molecule has 1 atom stereocenters. The molecule has 31 heavy (non-hydrogen) atoms. The van der Waals surface area contributed by atoms with Crippen LogP contribution in [0, 0.1) is 5.82 Å². The molecule has 1 aliphatic rings. The second-order valence-electron chi connectivity index (χ2n) is 7.37. The molecule has 2 aromatic rings. The number of primary amides is 1. The van der Waals surface area contributed by atoms with Crippen LogP contribution < -0.4 is 16.4 Å². The molecule has 2 aromatic carbocycles. The van der Waals surface area contributed by atoms with Gasteiger partial charge in [-0.2, -0.15) is 0 Å². The van der Waals surface area contributed by atoms with Gasteiger partial charge in [0, 0.05) is 25.2 Å². The van der Waals surface area contributed by atoms with Crippen LogP contribution in [0.1, 0.15) is 35.2 Å². The fourth-order valence-corrected chi connectivity index (χ4v) is 3.86. The Bertz CT molecular complexity index is 985. The number of nitrogens with one attached hydrogen (secondary N) is 2. The van der Waals surface area contributed by atoms with E-state index in [1.165, 1.54) is 6.07 Å². The van der Waals surface area contributed by atoms with Gasteiger partial charge in [-0.15, -0.1) is 0 Å². The van der Waals surface area contributed by atoms with E-state index in [2.05, 4.69) is 10.6 Å². The lowest BCUT2D eigenvalue weighted by Crippen LogP contribution is -2.39. The Morgan fingerprint density at radius 1 is 1.19 bits per heavy atom. The van der Waals surface area contributed by atoms with Gasteiger partial charge in [-0.25, -0.2) is 4.39 Å². The smallest absolute Gasteiger partial charge is 0.252 e. The van der Waals surface area contributed by atoms with Gasteiger partial charge in [-0.3, -0.25) is 19.3 Å². The third-order valence-electron chi connectivity index (χ3n) is 5.17. The summed E-state index contributed by atoms with van der Waals surface area (Å²) in [5.41, 5.74) is 7.16. The quantitative estimate of drug-likeness (QED) is 0.579. The fourth-order valence-electron chi connectivity index (χ4n) is 3.61. The van der Waals surface area contributed by atoms with Crippen LogP contribution in [-0.4, -0.2) is 41.8 Å². The van der Waals surface area contributed by atoms with E-state index in [1.54, 1.807) is 6.07 Å². The number of carbonyl (C=O) groups excluding carboxylic acids is 3. The summed E-state index contributed by atoms with van der Waals surface area (Å²) in [7, 11) is 0. The normalized spacial score (nSPS) is 16.1. The Hall–Kier alpha value is -2.97. The van der Waals surface area contributed by atoms with Gasteiger partial charge in [-0.1, -0.05) is 29.8 Å². The first kappa shape index (κ1) is 22.7. The molecule has 0 aliphatic carbocycles. The minimum Gasteiger partial charge on any atom is -0.368 e. The standard InChI is InChI=1S/C22H24ClFN4O3/c23-17-12-15(24)7-8-16(17)22(31)26-10-9-20(29)27-18-5-2-1-4-14(18)13-28-11-3-6-19(28)21(25)30/h1-2,4-5,7-8,12,19H,3,6,9-11,13H2,(H2,25,30)(H,26,31)(H,27,29). The van der Waals surface area contributed by atoms with Gasteiger partial charge in [0.25, 0.3) is 5.91 Å². The van der Waals surface area contributed by atoms with E-state index in [4.69, 9.17) is 17.3 Å². The zero-order valence-corrected chi connectivity index (χ0v) is 17.6. The molecule has 1 aliphatic heterocycles. The molecule has 1 saturated heterocycles. The van der Waals surface area contributed by atoms with E-state index < -0.39 is 11.7 Å². The van der Waals surface area contributed by atoms with Crippen LogP contribution in [0.25, 0.3) is 0 Å². The first-order valence-electron chi connectivity index (χ1n) is 9.99. The number of para-hydroxylation sites is 1. The SMILES string of the molecule is NC(=O)C1CCCN1Cc1ccccc1NC(=O)CCNC(=O)c1ccc(F)cc1Cl. The minimum atomic E-state index is -0.532. The Balaban J connectivity index is 1.54. The third kappa shape index (κ3) is 6.02. The van der Waals surface area contributed by atoms with E-state index in [1.807, 2.05) is 23.1 Å². The van der Waals surface area contributed by atoms with Crippen LogP contribution in [0.2, 0.25) is 5.02 Å². The summed E-state index contributed by atoms with van der Waals surface area (Å²) >= 11 is 5.88. The van der Waals surface area contributed by atoms with Crippen LogP contribution in [0.5, 0.6) is 0 Å². The maximum absolute atomic E-state index is 13.1. The summed E-state index contributed by atoms with van der Waals surface area (Å²) in [5, 5.41) is 5.46. The Kier molecular flexibility index (Phi) is 7.59. The minimum absolute atomic E-state index is 0.00653. The maximum atomic E-state index is 13.1. The zero-order valence-electron chi connectivity index (χ0n) is 16.9. The lowest BCUT2D eigenvalue weighted by Gasteiger charge is -2.23. The highest BCUT2D eigenvalue weighted by Gasteiger charge is 2.29. The number of rotatable bonds is 8. The van der Waals surface area contributed by atoms with E-state index in [0.717, 1.165) is 37.1 Å². The van der Waals surface area contributed by atoms with Crippen molar-refractivity contribution >= 4 is 35.0 Å². The number of hydrogen-bond donors (Lipinski definition) is 3. The molecular weight excluding hydrogens is 423 g/mol. The monoisotopic (exact) mass is 446 g/mol. The number of amides is 3. The highest BCUT2D eigenvalue weighted by atomic mass is 35.5. The molecule has 1 heterocycles. The molecule has 1 unspecified atom stereocenters. The number of nitrogens with zero attached hydrogens (tertiary/aromatic N) is 1. The highest BCUT2D eigenvalue weighted by molar-refractivity contribution is 6.33. The van der Waals surface area contributed by atoms with Crippen molar-refractivity contribution in [3.63, 3.8) is 0 Å². The maximum Gasteiger partial charge on any atom is 0.252 e. The Morgan fingerprint density at radius 2 is 1.97 bits per heavy atom. The van der Waals surface area contributed by atoms with Crippen LogP contribution in [0.15, 0.2) is 42.5 Å². The molecule has 9 heteroatoms. The number of carbonyl (C=O) groups is 3. The van der Waals surface area contributed by atoms with E-state index in [9.17, 15) is 18.8 Å². The van der Waals surface area contributed by atoms with Crippen molar-refractivity contribution in [3.8, 4) is 0 Å². The number of hydrogen-bond acceptors (Lipinski definition) is 4. The lowest BCUT2D eigenvalue weighted by molar-refractivity contribution is -0.122. The van der Waals surface area contributed by atoms with Gasteiger partial charge >= 0.3 is 0 Å². The average molecular weight is 447 g/mol. The second-order valence-corrected chi connectivity index (χ2v) is 7.77. The number of likely N-dealkylation sites (tertiary alicyclic amines) is 1. The summed E-state index contributed by atoms with van der Waals surface area (Å²) < 4.78 is 13.1. The van der Waals surface area contributed by atoms with Crippen molar-refractivity contribution in [2.45, 2.75) is 31.8 Å². The Labute approximate surface area is 184 Å². The van der Waals surface area contributed by atoms with Crippen molar-refractivity contribution in [2.24, 2.45) is 5.73 Å². The molecule has 0 spiro atoms. The number of anilines is 1. The molecule has 4 N–H and O–H groups in total. The van der Waals surface area contributed by atoms with Crippen molar-refractivity contribution in [1.29, 1.82) is 0 Å². The van der Waals surface area contributed by atoms with Crippen molar-refractivity contribution in [3.05, 3.63) is 64.4 Å². The average Bonchev–Trinajstić information content (AvgIpc) is 3.18. The van der Waals surface area contributed by atoms with E-state index in [-0.39, 0.29) is 41.4 Å². The van der Waals surface area contributed by atoms with Gasteiger partial charge in [0.05, 0.1) is 16.6 Å². The van der Waals surface area contributed by atoms with Crippen LogP contribution in [0.3, 0.4) is 0 Å². The molecule has 3 rings (SSSR count). The first-order chi connectivity index (χ1) is 14.8. The molecule has 7 nitrogen and oxygen atoms in total. The van der Waals surface area contributed by atoms with Crippen molar-refractivity contribution in [1.82, 2.24) is 10.2 Å². The predicted octanol–water partition coefficient (Wildman–Crippen LogP) is 2.69. The lowest BCUT2D eigenvalue weighted by atomic mass is 10.1. The summed E-state index contributed by atoms with van der Waals surface area (Å²) in [6.45, 7) is 1.37. The molecule has 0 aromatic heterocycles. The highest BCUT2D eigenvalue weighted by Crippen LogP contribution is 2.24. The van der Waals surface area contributed by atoms with Crippen LogP contribution >= 0.6 is 11.6 Å². The molecule has 0 radical (unpaired) electrons. The topological polar surface area (TPSA) is 105 Å². The molecule has 0 saturated carbocycles. The zero-order chi connectivity index (χ0) is 22.4. The summed E-state index contributed by atoms with van der Waals surface area (Å²) in [6, 6.07) is 10.6. The van der Waals surface area contributed by atoms with E-state index in [0.29, 0.717) is 12.2 Å². The van der Waals surface area contributed by atoms with Crippen molar-refractivity contribution < 1.29 is 18.8 Å². The fraction of sp³-hybridized carbons (Fsp3) is 0.318. The van der Waals surface area contributed by atoms with Gasteiger partial charge in [-0.05, 0) is 49.2 Å². The predicted molar refractivity (Wildman–Crippen MR) is 116 cm³/mol. The van der Waals surface area contributed by atoms with Crippen LogP contribution in [-0.2, 0) is 16.1 Å². The first-order valence-corrected chi connectivity index (χ1v) is 10.4. The summed E-state index contributed by atoms with van der Waals surface area (Å²) in [4.78, 5) is 38.2. The van der Waals surface area contributed by atoms with Crippen molar-refractivity contribution in [2.75, 3.05) is 18.4 Å². The number of halogens is 2. The molecule has 1 fully saturated rings. The van der Waals surface area contributed by atoms with Gasteiger partial charge in [0.15, 0.2) is 0 Å². The van der Waals surface area contributed by atoms with Gasteiger partial charge in [0.1, 0.15) is 5.82 Å². The van der Waals surface area contributed by atoms with Gasteiger partial charge in [0.2, 0.25) is 11.8 Å². The molecular formula is C22H24ClFN4O3. The molecule has 164 valence electrons. The number of benzene rings is 2. The summed E-state index contributed by atoms with van der Waals surface area (Å²) in [5.74, 6) is -1.62. The van der Waals surface area contributed by atoms with E-state index >= 15 is 0 Å².